The second kappa shape index (κ2) is 7.13. The van der Waals surface area contributed by atoms with Crippen molar-refractivity contribution in [2.24, 2.45) is 11.8 Å². The Morgan fingerprint density at radius 2 is 2.26 bits per heavy atom. The summed E-state index contributed by atoms with van der Waals surface area (Å²) < 4.78 is 38.0. The number of hydrogen-bond donors (Lipinski definition) is 1. The quantitative estimate of drug-likeness (QED) is 0.844. The fourth-order valence-electron chi connectivity index (χ4n) is 3.77. The molecule has 7 heteroatoms. The van der Waals surface area contributed by atoms with E-state index < -0.39 is 12.7 Å². The molecule has 1 N–H and O–H groups in total. The molecule has 1 aromatic carbocycles. The summed E-state index contributed by atoms with van der Waals surface area (Å²) in [4.78, 5) is 16.8. The molecule has 2 aromatic rings. The van der Waals surface area contributed by atoms with Crippen LogP contribution in [0.2, 0.25) is 0 Å². The zero-order valence-electron chi connectivity index (χ0n) is 14.8. The van der Waals surface area contributed by atoms with Crippen LogP contribution in [0.1, 0.15) is 30.0 Å². The number of ether oxygens (including phenoxy) is 2. The number of rotatable bonds is 6. The van der Waals surface area contributed by atoms with Crippen molar-refractivity contribution in [1.29, 1.82) is 0 Å². The Bertz CT molecular complexity index is 844. The van der Waals surface area contributed by atoms with Gasteiger partial charge in [0.1, 0.15) is 18.2 Å². The zero-order chi connectivity index (χ0) is 19.0. The Kier molecular flexibility index (Phi) is 4.68. The SMILES string of the molecule is CCOc1ccc([C@H](CF)NC(=O)C2C3COc4ccc(F)cc4C32)cn1. The van der Waals surface area contributed by atoms with Gasteiger partial charge in [-0.1, -0.05) is 0 Å². The van der Waals surface area contributed by atoms with Gasteiger partial charge in [-0.2, -0.15) is 0 Å². The Labute approximate surface area is 155 Å². The number of halogens is 2. The van der Waals surface area contributed by atoms with Gasteiger partial charge in [-0.3, -0.25) is 4.79 Å². The molecule has 1 amide bonds. The van der Waals surface area contributed by atoms with Crippen molar-refractivity contribution in [1.82, 2.24) is 10.3 Å². The Morgan fingerprint density at radius 3 is 2.96 bits per heavy atom. The maximum absolute atomic E-state index is 13.6. The molecule has 2 heterocycles. The average molecular weight is 374 g/mol. The van der Waals surface area contributed by atoms with Gasteiger partial charge in [0.2, 0.25) is 11.8 Å². The van der Waals surface area contributed by atoms with E-state index in [1.807, 2.05) is 6.92 Å². The summed E-state index contributed by atoms with van der Waals surface area (Å²) in [5.41, 5.74) is 1.28. The highest BCUT2D eigenvalue weighted by Gasteiger charge is 2.58. The van der Waals surface area contributed by atoms with Crippen molar-refractivity contribution in [3.63, 3.8) is 0 Å². The van der Waals surface area contributed by atoms with Crippen LogP contribution >= 0.6 is 0 Å². The van der Waals surface area contributed by atoms with Crippen LogP contribution in [0.3, 0.4) is 0 Å². The molecule has 1 aliphatic carbocycles. The summed E-state index contributed by atoms with van der Waals surface area (Å²) in [6.07, 6.45) is 1.50. The summed E-state index contributed by atoms with van der Waals surface area (Å²) in [5.74, 6) is 0.0484. The molecule has 3 unspecified atom stereocenters. The lowest BCUT2D eigenvalue weighted by Gasteiger charge is -2.16. The van der Waals surface area contributed by atoms with E-state index >= 15 is 0 Å². The first-order valence-electron chi connectivity index (χ1n) is 8.99. The maximum atomic E-state index is 13.6. The molecule has 5 nitrogen and oxygen atoms in total. The maximum Gasteiger partial charge on any atom is 0.224 e. The van der Waals surface area contributed by atoms with Crippen molar-refractivity contribution < 1.29 is 23.0 Å². The lowest BCUT2D eigenvalue weighted by molar-refractivity contribution is -0.123. The van der Waals surface area contributed by atoms with Crippen LogP contribution < -0.4 is 14.8 Å². The molecule has 0 saturated heterocycles. The predicted molar refractivity (Wildman–Crippen MR) is 93.9 cm³/mol. The second-order valence-corrected chi connectivity index (χ2v) is 6.79. The number of carbonyl (C=O) groups is 1. The van der Waals surface area contributed by atoms with Gasteiger partial charge in [0.05, 0.1) is 25.2 Å². The van der Waals surface area contributed by atoms with Crippen LogP contribution in [0.5, 0.6) is 11.6 Å². The minimum atomic E-state index is -0.781. The molecular formula is C20H20F2N2O3. The molecule has 1 aliphatic heterocycles. The van der Waals surface area contributed by atoms with Crippen molar-refractivity contribution in [2.75, 3.05) is 19.9 Å². The topological polar surface area (TPSA) is 60.5 Å². The van der Waals surface area contributed by atoms with Crippen LogP contribution in [0.15, 0.2) is 36.5 Å². The standard InChI is InChI=1S/C20H20F2N2O3/c1-2-26-17-6-3-11(9-23-17)15(8-21)24-20(25)19-14-10-27-16-5-4-12(22)7-13(16)18(14)19/h3-7,9,14-15,18-19H,2,8,10H2,1H3,(H,24,25)/t14?,15-,18?,19?/m0/s1. The molecule has 1 saturated carbocycles. The van der Waals surface area contributed by atoms with Crippen LogP contribution in [-0.4, -0.2) is 30.8 Å². The highest BCUT2D eigenvalue weighted by Crippen LogP contribution is 2.59. The van der Waals surface area contributed by atoms with E-state index in [4.69, 9.17) is 9.47 Å². The van der Waals surface area contributed by atoms with Gasteiger partial charge in [-0.25, -0.2) is 13.8 Å². The minimum Gasteiger partial charge on any atom is -0.493 e. The van der Waals surface area contributed by atoms with E-state index in [1.54, 1.807) is 18.2 Å². The first-order chi connectivity index (χ1) is 13.1. The number of fused-ring (bicyclic) bond motifs is 3. The Morgan fingerprint density at radius 1 is 1.41 bits per heavy atom. The van der Waals surface area contributed by atoms with Crippen LogP contribution in [0, 0.1) is 17.7 Å². The van der Waals surface area contributed by atoms with Crippen LogP contribution in [0.4, 0.5) is 8.78 Å². The highest BCUT2D eigenvalue weighted by atomic mass is 19.1. The summed E-state index contributed by atoms with van der Waals surface area (Å²) >= 11 is 0. The Balaban J connectivity index is 1.46. The Hall–Kier alpha value is -2.70. The van der Waals surface area contributed by atoms with Crippen molar-refractivity contribution in [2.45, 2.75) is 18.9 Å². The number of hydrogen-bond acceptors (Lipinski definition) is 4. The number of benzene rings is 1. The molecule has 142 valence electrons. The first kappa shape index (κ1) is 17.7. The van der Waals surface area contributed by atoms with Gasteiger partial charge >= 0.3 is 0 Å². The number of amides is 1. The molecule has 0 radical (unpaired) electrons. The van der Waals surface area contributed by atoms with E-state index in [9.17, 15) is 13.6 Å². The van der Waals surface area contributed by atoms with E-state index in [0.717, 1.165) is 0 Å². The number of nitrogens with one attached hydrogen (secondary N) is 1. The van der Waals surface area contributed by atoms with E-state index in [-0.39, 0.29) is 29.5 Å². The third-order valence-electron chi connectivity index (χ3n) is 5.16. The number of aromatic nitrogens is 1. The number of alkyl halides is 1. The molecule has 0 bridgehead atoms. The summed E-state index contributed by atoms with van der Waals surface area (Å²) in [7, 11) is 0. The van der Waals surface area contributed by atoms with Gasteiger partial charge in [0.15, 0.2) is 0 Å². The molecule has 1 fully saturated rings. The molecule has 1 aromatic heterocycles. The lowest BCUT2D eigenvalue weighted by atomic mass is 10.0. The molecule has 27 heavy (non-hydrogen) atoms. The monoisotopic (exact) mass is 374 g/mol. The third-order valence-corrected chi connectivity index (χ3v) is 5.16. The molecule has 4 atom stereocenters. The van der Waals surface area contributed by atoms with E-state index in [1.165, 1.54) is 18.3 Å². The third kappa shape index (κ3) is 3.34. The van der Waals surface area contributed by atoms with Crippen LogP contribution in [0.25, 0.3) is 0 Å². The molecular weight excluding hydrogens is 354 g/mol. The lowest BCUT2D eigenvalue weighted by Crippen LogP contribution is -2.32. The molecule has 0 spiro atoms. The predicted octanol–water partition coefficient (Wildman–Crippen LogP) is 3.17. The van der Waals surface area contributed by atoms with E-state index in [2.05, 4.69) is 10.3 Å². The summed E-state index contributed by atoms with van der Waals surface area (Å²) in [5, 5.41) is 2.75. The van der Waals surface area contributed by atoms with E-state index in [0.29, 0.717) is 36.0 Å². The zero-order valence-corrected chi connectivity index (χ0v) is 14.8. The summed E-state index contributed by atoms with van der Waals surface area (Å²) in [6.45, 7) is 2.00. The normalized spacial score (nSPS) is 23.4. The molecule has 2 aliphatic rings. The average Bonchev–Trinajstić information content (AvgIpc) is 3.42. The van der Waals surface area contributed by atoms with Gasteiger partial charge in [0.25, 0.3) is 0 Å². The van der Waals surface area contributed by atoms with Gasteiger partial charge < -0.3 is 14.8 Å². The van der Waals surface area contributed by atoms with Crippen molar-refractivity contribution in [3.8, 4) is 11.6 Å². The van der Waals surface area contributed by atoms with Crippen molar-refractivity contribution >= 4 is 5.91 Å². The van der Waals surface area contributed by atoms with Gasteiger partial charge in [0, 0.05) is 29.7 Å². The van der Waals surface area contributed by atoms with Crippen LogP contribution in [-0.2, 0) is 4.79 Å². The highest BCUT2D eigenvalue weighted by molar-refractivity contribution is 5.84. The fraction of sp³-hybridized carbons (Fsp3) is 0.400. The molecule has 4 rings (SSSR count). The fourth-order valence-corrected chi connectivity index (χ4v) is 3.77. The number of carbonyl (C=O) groups excluding carboxylic acids is 1. The smallest absolute Gasteiger partial charge is 0.224 e. The second-order valence-electron chi connectivity index (χ2n) is 6.79. The number of nitrogens with zero attached hydrogens (tertiary/aromatic N) is 1. The summed E-state index contributed by atoms with van der Waals surface area (Å²) in [6, 6.07) is 6.91. The largest absolute Gasteiger partial charge is 0.493 e. The number of pyridine rings is 1. The first-order valence-corrected chi connectivity index (χ1v) is 8.99. The van der Waals surface area contributed by atoms with Gasteiger partial charge in [-0.05, 0) is 36.8 Å². The van der Waals surface area contributed by atoms with Gasteiger partial charge in [-0.15, -0.1) is 0 Å². The minimum absolute atomic E-state index is 0.00184. The van der Waals surface area contributed by atoms with Crippen molar-refractivity contribution in [3.05, 3.63) is 53.5 Å².